The second-order valence-electron chi connectivity index (χ2n) is 6.09. The van der Waals surface area contributed by atoms with Gasteiger partial charge in [0, 0.05) is 10.9 Å². The molecule has 1 atom stereocenters. The predicted octanol–water partition coefficient (Wildman–Crippen LogP) is 4.83. The van der Waals surface area contributed by atoms with Gasteiger partial charge in [-0.1, -0.05) is 18.2 Å². The zero-order chi connectivity index (χ0) is 16.0. The Balaban J connectivity index is 1.88. The van der Waals surface area contributed by atoms with Gasteiger partial charge in [0.15, 0.2) is 0 Å². The second-order valence-corrected chi connectivity index (χ2v) is 7.60. The van der Waals surface area contributed by atoms with Crippen molar-refractivity contribution in [1.29, 1.82) is 0 Å². The van der Waals surface area contributed by atoms with Crippen molar-refractivity contribution < 1.29 is 0 Å². The molecule has 3 aromatic rings. The molecule has 1 aliphatic carbocycles. The van der Waals surface area contributed by atoms with E-state index < -0.39 is 0 Å². The Hall–Kier alpha value is -1.65. The first-order valence-corrected chi connectivity index (χ1v) is 9.23. The van der Waals surface area contributed by atoms with Crippen molar-refractivity contribution in [1.82, 2.24) is 9.97 Å². The lowest BCUT2D eigenvalue weighted by Gasteiger charge is -2.16. The first kappa shape index (κ1) is 14.9. The van der Waals surface area contributed by atoms with Gasteiger partial charge >= 0.3 is 0 Å². The van der Waals surface area contributed by atoms with E-state index >= 15 is 0 Å². The van der Waals surface area contributed by atoms with Crippen LogP contribution in [0.1, 0.15) is 42.1 Å². The zero-order valence-corrected chi connectivity index (χ0v) is 14.4. The third-order valence-electron chi connectivity index (χ3n) is 4.50. The summed E-state index contributed by atoms with van der Waals surface area (Å²) in [5.41, 5.74) is 4.84. The van der Waals surface area contributed by atoms with Crippen LogP contribution in [0, 0.1) is 0 Å². The molecular weight excluding hydrogens is 328 g/mol. The standard InChI is InChI=1S/C18H17ClN2OS/c1-10(19)16-20-17(22)15-14(9-23-18(15)21-16)13-7-6-11-4-2-3-5-12(11)8-13/h6-10H,2-5H2,1H3,(H,20,21,22). The Labute approximate surface area is 143 Å². The van der Waals surface area contributed by atoms with E-state index in [9.17, 15) is 4.79 Å². The van der Waals surface area contributed by atoms with E-state index in [1.165, 1.54) is 41.7 Å². The van der Waals surface area contributed by atoms with Crippen molar-refractivity contribution in [2.24, 2.45) is 0 Å². The fraction of sp³-hybridized carbons (Fsp3) is 0.333. The molecule has 1 aromatic carbocycles. The van der Waals surface area contributed by atoms with Crippen LogP contribution in [0.2, 0.25) is 0 Å². The molecule has 1 N–H and O–H groups in total. The van der Waals surface area contributed by atoms with Gasteiger partial charge in [-0.15, -0.1) is 22.9 Å². The molecule has 0 saturated heterocycles. The smallest absolute Gasteiger partial charge is 0.260 e. The largest absolute Gasteiger partial charge is 0.309 e. The number of hydrogen-bond acceptors (Lipinski definition) is 3. The van der Waals surface area contributed by atoms with Crippen molar-refractivity contribution in [3.63, 3.8) is 0 Å². The van der Waals surface area contributed by atoms with Gasteiger partial charge in [-0.25, -0.2) is 4.98 Å². The maximum atomic E-state index is 12.5. The summed E-state index contributed by atoms with van der Waals surface area (Å²) < 4.78 is 0. The van der Waals surface area contributed by atoms with Crippen molar-refractivity contribution in [2.75, 3.05) is 0 Å². The summed E-state index contributed by atoms with van der Waals surface area (Å²) in [7, 11) is 0. The average Bonchev–Trinajstić information content (AvgIpc) is 2.99. The number of nitrogens with zero attached hydrogens (tertiary/aromatic N) is 1. The number of alkyl halides is 1. The summed E-state index contributed by atoms with van der Waals surface area (Å²) in [6.07, 6.45) is 4.82. The van der Waals surface area contributed by atoms with Crippen LogP contribution >= 0.6 is 22.9 Å². The number of aryl methyl sites for hydroxylation is 2. The van der Waals surface area contributed by atoms with Crippen LogP contribution in [-0.2, 0) is 12.8 Å². The van der Waals surface area contributed by atoms with Crippen molar-refractivity contribution >= 4 is 33.2 Å². The highest BCUT2D eigenvalue weighted by Crippen LogP contribution is 2.34. The summed E-state index contributed by atoms with van der Waals surface area (Å²) in [4.78, 5) is 20.6. The van der Waals surface area contributed by atoms with Gasteiger partial charge in [0.2, 0.25) is 0 Å². The lowest BCUT2D eigenvalue weighted by Crippen LogP contribution is -2.11. The van der Waals surface area contributed by atoms with Crippen molar-refractivity contribution in [3.8, 4) is 11.1 Å². The molecule has 1 aliphatic rings. The van der Waals surface area contributed by atoms with Crippen LogP contribution in [0.25, 0.3) is 21.3 Å². The highest BCUT2D eigenvalue weighted by molar-refractivity contribution is 7.17. The third kappa shape index (κ3) is 2.60. The molecule has 2 aromatic heterocycles. The first-order chi connectivity index (χ1) is 11.1. The first-order valence-electron chi connectivity index (χ1n) is 7.91. The van der Waals surface area contributed by atoms with E-state index in [-0.39, 0.29) is 10.9 Å². The highest BCUT2D eigenvalue weighted by atomic mass is 35.5. The number of H-pyrrole nitrogens is 1. The van der Waals surface area contributed by atoms with Gasteiger partial charge < -0.3 is 4.98 Å². The Morgan fingerprint density at radius 1 is 1.26 bits per heavy atom. The van der Waals surface area contributed by atoms with Gasteiger partial charge in [0.25, 0.3) is 5.56 Å². The molecule has 0 bridgehead atoms. The summed E-state index contributed by atoms with van der Waals surface area (Å²) in [6, 6.07) is 6.58. The molecule has 0 spiro atoms. The normalized spacial score (nSPS) is 15.6. The molecular formula is C18H17ClN2OS. The van der Waals surface area contributed by atoms with E-state index in [1.54, 1.807) is 0 Å². The van der Waals surface area contributed by atoms with E-state index in [0.29, 0.717) is 11.2 Å². The lowest BCUT2D eigenvalue weighted by molar-refractivity contribution is 0.686. The van der Waals surface area contributed by atoms with Crippen molar-refractivity contribution in [3.05, 3.63) is 50.9 Å². The minimum absolute atomic E-state index is 0.105. The number of thiophene rings is 1. The number of rotatable bonds is 2. The molecule has 23 heavy (non-hydrogen) atoms. The van der Waals surface area contributed by atoms with Gasteiger partial charge in [0.1, 0.15) is 10.7 Å². The fourth-order valence-corrected chi connectivity index (χ4v) is 4.33. The van der Waals surface area contributed by atoms with E-state index in [0.717, 1.165) is 22.4 Å². The van der Waals surface area contributed by atoms with E-state index in [2.05, 4.69) is 28.2 Å². The summed E-state index contributed by atoms with van der Waals surface area (Å²) in [5.74, 6) is 0.531. The van der Waals surface area contributed by atoms with E-state index in [4.69, 9.17) is 11.6 Å². The lowest BCUT2D eigenvalue weighted by atomic mass is 9.89. The van der Waals surface area contributed by atoms with Crippen LogP contribution in [0.4, 0.5) is 0 Å². The Morgan fingerprint density at radius 2 is 2.04 bits per heavy atom. The Morgan fingerprint density at radius 3 is 2.83 bits per heavy atom. The number of benzene rings is 1. The molecule has 5 heteroatoms. The monoisotopic (exact) mass is 344 g/mol. The second kappa shape index (κ2) is 5.77. The Bertz CT molecular complexity index is 942. The molecule has 1 unspecified atom stereocenters. The van der Waals surface area contributed by atoms with Crippen LogP contribution in [-0.4, -0.2) is 9.97 Å². The topological polar surface area (TPSA) is 45.8 Å². The number of aromatic nitrogens is 2. The SMILES string of the molecule is CC(Cl)c1nc2scc(-c3ccc4c(c3)CCCC4)c2c(=O)[nH]1. The van der Waals surface area contributed by atoms with Crippen LogP contribution in [0.3, 0.4) is 0 Å². The molecule has 0 saturated carbocycles. The molecule has 3 nitrogen and oxygen atoms in total. The van der Waals surface area contributed by atoms with Crippen LogP contribution < -0.4 is 5.56 Å². The van der Waals surface area contributed by atoms with Crippen LogP contribution in [0.5, 0.6) is 0 Å². The number of fused-ring (bicyclic) bond motifs is 2. The van der Waals surface area contributed by atoms with Gasteiger partial charge in [-0.3, -0.25) is 4.79 Å². The molecule has 4 rings (SSSR count). The molecule has 2 heterocycles. The fourth-order valence-electron chi connectivity index (χ4n) is 3.27. The summed E-state index contributed by atoms with van der Waals surface area (Å²) >= 11 is 7.55. The van der Waals surface area contributed by atoms with Gasteiger partial charge in [0.05, 0.1) is 10.8 Å². The van der Waals surface area contributed by atoms with Crippen LogP contribution in [0.15, 0.2) is 28.4 Å². The summed E-state index contributed by atoms with van der Waals surface area (Å²) in [5, 5.41) is 2.40. The van der Waals surface area contributed by atoms with E-state index in [1.807, 2.05) is 12.3 Å². The third-order valence-corrected chi connectivity index (χ3v) is 5.58. The quantitative estimate of drug-likeness (QED) is 0.677. The highest BCUT2D eigenvalue weighted by Gasteiger charge is 2.16. The van der Waals surface area contributed by atoms with Gasteiger partial charge in [-0.2, -0.15) is 0 Å². The Kier molecular flexibility index (Phi) is 3.74. The average molecular weight is 345 g/mol. The number of nitrogens with one attached hydrogen (secondary N) is 1. The minimum atomic E-state index is -0.304. The molecule has 118 valence electrons. The molecule has 0 radical (unpaired) electrons. The van der Waals surface area contributed by atoms with Gasteiger partial charge in [-0.05, 0) is 49.3 Å². The molecule has 0 aliphatic heterocycles. The maximum Gasteiger partial charge on any atom is 0.260 e. The summed E-state index contributed by atoms with van der Waals surface area (Å²) in [6.45, 7) is 1.81. The molecule has 0 fully saturated rings. The number of halogens is 1. The number of hydrogen-bond donors (Lipinski definition) is 1. The predicted molar refractivity (Wildman–Crippen MR) is 96.6 cm³/mol. The maximum absolute atomic E-state index is 12.5. The molecule has 0 amide bonds. The zero-order valence-electron chi connectivity index (χ0n) is 12.9. The number of aromatic amines is 1. The minimum Gasteiger partial charge on any atom is -0.309 e. The van der Waals surface area contributed by atoms with Crippen molar-refractivity contribution in [2.45, 2.75) is 38.0 Å².